The molecular weight excluding hydrogens is 162 g/mol. The van der Waals surface area contributed by atoms with Crippen LogP contribution in [0.2, 0.25) is 0 Å². The van der Waals surface area contributed by atoms with Crippen molar-refractivity contribution in [2.24, 2.45) is 11.3 Å². The average molecular weight is 183 g/mol. The van der Waals surface area contributed by atoms with Crippen LogP contribution in [-0.4, -0.2) is 25.8 Å². The molecule has 0 aromatic carbocycles. The molecule has 0 bridgehead atoms. The van der Waals surface area contributed by atoms with Gasteiger partial charge < -0.3 is 10.1 Å². The van der Waals surface area contributed by atoms with Crippen molar-refractivity contribution in [2.75, 3.05) is 13.7 Å². The maximum atomic E-state index is 5.46. The number of rotatable bonds is 4. The van der Waals surface area contributed by atoms with Crippen molar-refractivity contribution in [2.45, 2.75) is 45.3 Å². The number of hydrogen-bond acceptors (Lipinski definition) is 2. The molecule has 0 saturated heterocycles. The normalized spacial score (nSPS) is 35.1. The van der Waals surface area contributed by atoms with E-state index in [4.69, 9.17) is 4.74 Å². The topological polar surface area (TPSA) is 21.3 Å². The smallest absolute Gasteiger partial charge is 0.0657 e. The molecule has 0 aromatic rings. The van der Waals surface area contributed by atoms with Crippen LogP contribution in [-0.2, 0) is 4.74 Å². The lowest BCUT2D eigenvalue weighted by Crippen LogP contribution is -2.56. The predicted octanol–water partition coefficient (Wildman–Crippen LogP) is 1.80. The van der Waals surface area contributed by atoms with Crippen molar-refractivity contribution in [1.29, 1.82) is 0 Å². The highest BCUT2D eigenvalue weighted by atomic mass is 16.5. The summed E-state index contributed by atoms with van der Waals surface area (Å²) >= 11 is 0. The van der Waals surface area contributed by atoms with Gasteiger partial charge in [-0.15, -0.1) is 0 Å². The van der Waals surface area contributed by atoms with Crippen LogP contribution in [0.25, 0.3) is 0 Å². The van der Waals surface area contributed by atoms with E-state index in [1.807, 2.05) is 7.11 Å². The summed E-state index contributed by atoms with van der Waals surface area (Å²) in [6, 6.07) is 0.750. The molecule has 2 unspecified atom stereocenters. The minimum absolute atomic E-state index is 0.553. The molecule has 0 heterocycles. The first-order valence-corrected chi connectivity index (χ1v) is 5.45. The number of methoxy groups -OCH3 is 1. The van der Waals surface area contributed by atoms with E-state index < -0.39 is 0 Å². The van der Waals surface area contributed by atoms with E-state index in [2.05, 4.69) is 19.2 Å². The van der Waals surface area contributed by atoms with Crippen molar-refractivity contribution in [3.05, 3.63) is 0 Å². The lowest BCUT2D eigenvalue weighted by Gasteiger charge is -2.45. The van der Waals surface area contributed by atoms with E-state index in [9.17, 15) is 0 Å². The molecule has 2 aliphatic carbocycles. The molecule has 0 radical (unpaired) electrons. The van der Waals surface area contributed by atoms with Crippen molar-refractivity contribution in [1.82, 2.24) is 5.32 Å². The first-order valence-electron chi connectivity index (χ1n) is 5.45. The van der Waals surface area contributed by atoms with E-state index in [-0.39, 0.29) is 0 Å². The molecule has 2 saturated carbocycles. The fourth-order valence-electron chi connectivity index (χ4n) is 2.56. The van der Waals surface area contributed by atoms with E-state index in [0.717, 1.165) is 18.5 Å². The molecule has 2 aliphatic rings. The molecule has 0 aliphatic heterocycles. The minimum Gasteiger partial charge on any atom is -0.381 e. The number of nitrogens with one attached hydrogen (secondary N) is 1. The second-order valence-electron chi connectivity index (χ2n) is 5.05. The van der Waals surface area contributed by atoms with Gasteiger partial charge in [0, 0.05) is 18.6 Å². The number of hydrogen-bond donors (Lipinski definition) is 1. The van der Waals surface area contributed by atoms with Gasteiger partial charge in [-0.3, -0.25) is 0 Å². The third-order valence-electron chi connectivity index (χ3n) is 3.67. The third kappa shape index (κ3) is 1.50. The third-order valence-corrected chi connectivity index (χ3v) is 3.67. The molecule has 2 nitrogen and oxygen atoms in total. The minimum atomic E-state index is 0.553. The van der Waals surface area contributed by atoms with Gasteiger partial charge in [-0.05, 0) is 31.7 Å². The summed E-state index contributed by atoms with van der Waals surface area (Å²) in [4.78, 5) is 0. The summed E-state index contributed by atoms with van der Waals surface area (Å²) in [5.74, 6) is 0.761. The average Bonchev–Trinajstić information content (AvgIpc) is 2.83. The van der Waals surface area contributed by atoms with Gasteiger partial charge in [0.2, 0.25) is 0 Å². The van der Waals surface area contributed by atoms with Gasteiger partial charge in [0.15, 0.2) is 0 Å². The van der Waals surface area contributed by atoms with E-state index in [1.165, 1.54) is 19.3 Å². The van der Waals surface area contributed by atoms with Gasteiger partial charge in [-0.2, -0.15) is 0 Å². The van der Waals surface area contributed by atoms with Crippen LogP contribution < -0.4 is 5.32 Å². The van der Waals surface area contributed by atoms with Crippen LogP contribution in [0.5, 0.6) is 0 Å². The van der Waals surface area contributed by atoms with Gasteiger partial charge in [0.25, 0.3) is 0 Å². The lowest BCUT2D eigenvalue weighted by atomic mass is 9.72. The molecule has 13 heavy (non-hydrogen) atoms. The van der Waals surface area contributed by atoms with Crippen molar-refractivity contribution in [3.8, 4) is 0 Å². The largest absolute Gasteiger partial charge is 0.381 e. The van der Waals surface area contributed by atoms with Crippen molar-refractivity contribution < 1.29 is 4.74 Å². The second kappa shape index (κ2) is 3.25. The van der Waals surface area contributed by atoms with Gasteiger partial charge in [0.1, 0.15) is 0 Å². The summed E-state index contributed by atoms with van der Waals surface area (Å²) in [5.41, 5.74) is 0.559. The molecule has 2 heteroatoms. The molecule has 0 aromatic heterocycles. The maximum absolute atomic E-state index is 5.46. The Balaban J connectivity index is 1.78. The Labute approximate surface area is 81.0 Å². The summed E-state index contributed by atoms with van der Waals surface area (Å²) in [7, 11) is 1.85. The summed E-state index contributed by atoms with van der Waals surface area (Å²) < 4.78 is 5.46. The van der Waals surface area contributed by atoms with Crippen LogP contribution >= 0.6 is 0 Å². The van der Waals surface area contributed by atoms with Crippen LogP contribution in [0.15, 0.2) is 0 Å². The Morgan fingerprint density at radius 2 is 2.15 bits per heavy atom. The molecule has 2 fully saturated rings. The predicted molar refractivity (Wildman–Crippen MR) is 53.7 cm³/mol. The maximum Gasteiger partial charge on any atom is 0.0657 e. The van der Waals surface area contributed by atoms with Crippen LogP contribution in [0.4, 0.5) is 0 Å². The Morgan fingerprint density at radius 1 is 1.46 bits per heavy atom. The zero-order chi connectivity index (χ0) is 9.47. The fourth-order valence-corrected chi connectivity index (χ4v) is 2.56. The monoisotopic (exact) mass is 183 g/mol. The zero-order valence-electron chi connectivity index (χ0n) is 8.97. The Morgan fingerprint density at radius 3 is 2.62 bits per heavy atom. The fraction of sp³-hybridized carbons (Fsp3) is 1.00. The van der Waals surface area contributed by atoms with Gasteiger partial charge in [-0.25, -0.2) is 0 Å². The Hall–Kier alpha value is -0.0800. The molecular formula is C11H21NO. The van der Waals surface area contributed by atoms with Crippen LogP contribution in [0.3, 0.4) is 0 Å². The molecule has 2 rings (SSSR count). The highest BCUT2D eigenvalue weighted by molar-refractivity contribution is 5.16. The van der Waals surface area contributed by atoms with Gasteiger partial charge in [-0.1, -0.05) is 13.8 Å². The molecule has 1 spiro atoms. The SMILES string of the molecule is COC1CC(NCC(C)C)C12CC2. The summed E-state index contributed by atoms with van der Waals surface area (Å²) in [5, 5.41) is 3.66. The summed E-state index contributed by atoms with van der Waals surface area (Å²) in [6.07, 6.45) is 4.53. The van der Waals surface area contributed by atoms with E-state index in [1.54, 1.807) is 0 Å². The van der Waals surface area contributed by atoms with Gasteiger partial charge >= 0.3 is 0 Å². The van der Waals surface area contributed by atoms with E-state index in [0.29, 0.717) is 11.5 Å². The van der Waals surface area contributed by atoms with Crippen LogP contribution in [0, 0.1) is 11.3 Å². The summed E-state index contributed by atoms with van der Waals surface area (Å²) in [6.45, 7) is 5.68. The Bertz CT molecular complexity index is 187. The molecule has 2 atom stereocenters. The van der Waals surface area contributed by atoms with Gasteiger partial charge in [0.05, 0.1) is 6.10 Å². The van der Waals surface area contributed by atoms with Crippen molar-refractivity contribution >= 4 is 0 Å². The highest BCUT2D eigenvalue weighted by Crippen LogP contribution is 2.61. The zero-order valence-corrected chi connectivity index (χ0v) is 8.97. The lowest BCUT2D eigenvalue weighted by molar-refractivity contribution is -0.0602. The first-order chi connectivity index (χ1) is 6.19. The second-order valence-corrected chi connectivity index (χ2v) is 5.05. The quantitative estimate of drug-likeness (QED) is 0.717. The molecule has 1 N–H and O–H groups in total. The number of ether oxygens (including phenoxy) is 1. The Kier molecular flexibility index (Phi) is 2.37. The highest BCUT2D eigenvalue weighted by Gasteiger charge is 2.62. The van der Waals surface area contributed by atoms with Crippen LogP contribution in [0.1, 0.15) is 33.1 Å². The first kappa shape index (κ1) is 9.47. The molecule has 0 amide bonds. The van der Waals surface area contributed by atoms with Crippen molar-refractivity contribution in [3.63, 3.8) is 0 Å². The molecule has 76 valence electrons. The van der Waals surface area contributed by atoms with E-state index >= 15 is 0 Å². The standard InChI is InChI=1S/C11H21NO/c1-8(2)7-12-9-6-10(13-3)11(9)4-5-11/h8-10,12H,4-7H2,1-3H3.